The highest BCUT2D eigenvalue weighted by Crippen LogP contribution is 2.43. The van der Waals surface area contributed by atoms with Crippen molar-refractivity contribution in [1.82, 2.24) is 21.5 Å². The lowest BCUT2D eigenvalue weighted by Gasteiger charge is -2.40. The van der Waals surface area contributed by atoms with Crippen LogP contribution in [0, 0.1) is 11.8 Å². The van der Waals surface area contributed by atoms with Gasteiger partial charge in [-0.2, -0.15) is 0 Å². The second-order valence-corrected chi connectivity index (χ2v) is 9.69. The standard InChI is InChI=1S/C28H31ClN4O3/c1-35-23-13-10-19(14-24(23)36-2)22-15-21(28(34)30-16-17-6-4-3-5-7-17)25-26(32-33-27(25)31-22)18-8-11-20(29)12-9-18/h3-14,21-22,25-27,31-33H,15-16H2,1-2H3,(H,30,34). The van der Waals surface area contributed by atoms with Crippen molar-refractivity contribution in [2.75, 3.05) is 14.2 Å². The average molecular weight is 507 g/mol. The minimum atomic E-state index is -0.235. The maximum atomic E-state index is 13.7. The smallest absolute Gasteiger partial charge is 0.223 e. The van der Waals surface area contributed by atoms with Crippen LogP contribution in [0.1, 0.15) is 35.2 Å². The van der Waals surface area contributed by atoms with Gasteiger partial charge in [-0.15, -0.1) is 0 Å². The number of ether oxygens (including phenoxy) is 2. The van der Waals surface area contributed by atoms with Crippen LogP contribution in [-0.4, -0.2) is 26.3 Å². The molecule has 2 saturated heterocycles. The molecule has 188 valence electrons. The van der Waals surface area contributed by atoms with E-state index in [-0.39, 0.29) is 36.0 Å². The predicted molar refractivity (Wildman–Crippen MR) is 140 cm³/mol. The van der Waals surface area contributed by atoms with E-state index in [4.69, 9.17) is 21.1 Å². The molecule has 0 aliphatic carbocycles. The van der Waals surface area contributed by atoms with E-state index in [0.717, 1.165) is 16.7 Å². The summed E-state index contributed by atoms with van der Waals surface area (Å²) in [5.74, 6) is 1.15. The van der Waals surface area contributed by atoms with Crippen LogP contribution in [-0.2, 0) is 11.3 Å². The van der Waals surface area contributed by atoms with E-state index in [1.165, 1.54) is 0 Å². The molecule has 8 heteroatoms. The molecule has 3 aromatic carbocycles. The van der Waals surface area contributed by atoms with Gasteiger partial charge in [-0.25, -0.2) is 10.9 Å². The van der Waals surface area contributed by atoms with Crippen molar-refractivity contribution < 1.29 is 14.3 Å². The van der Waals surface area contributed by atoms with Crippen LogP contribution < -0.4 is 31.0 Å². The molecule has 5 atom stereocenters. The van der Waals surface area contributed by atoms with Crippen LogP contribution in [0.3, 0.4) is 0 Å². The lowest BCUT2D eigenvalue weighted by Crippen LogP contribution is -2.54. The summed E-state index contributed by atoms with van der Waals surface area (Å²) in [6.07, 6.45) is 0.537. The van der Waals surface area contributed by atoms with Crippen molar-refractivity contribution in [2.45, 2.75) is 31.2 Å². The minimum absolute atomic E-state index is 0.00153. The minimum Gasteiger partial charge on any atom is -0.493 e. The number of amides is 1. The van der Waals surface area contributed by atoms with Crippen LogP contribution in [0.25, 0.3) is 0 Å². The quantitative estimate of drug-likeness (QED) is 0.386. The normalized spacial score (nSPS) is 25.1. The fourth-order valence-electron chi connectivity index (χ4n) is 5.35. The monoisotopic (exact) mass is 506 g/mol. The molecule has 36 heavy (non-hydrogen) atoms. The Labute approximate surface area is 216 Å². The van der Waals surface area contributed by atoms with Crippen molar-refractivity contribution in [3.63, 3.8) is 0 Å². The predicted octanol–water partition coefficient (Wildman–Crippen LogP) is 4.12. The molecule has 1 amide bonds. The maximum absolute atomic E-state index is 13.7. The average Bonchev–Trinajstić information content (AvgIpc) is 3.36. The molecule has 5 unspecified atom stereocenters. The fourth-order valence-corrected chi connectivity index (χ4v) is 5.48. The number of benzene rings is 3. The van der Waals surface area contributed by atoms with E-state index in [9.17, 15) is 4.79 Å². The summed E-state index contributed by atoms with van der Waals surface area (Å²) in [5, 5.41) is 7.59. The number of halogens is 1. The molecule has 3 aromatic rings. The first-order chi connectivity index (χ1) is 17.6. The molecular weight excluding hydrogens is 476 g/mol. The Bertz CT molecular complexity index is 1190. The van der Waals surface area contributed by atoms with Gasteiger partial charge in [0.05, 0.1) is 26.4 Å². The third kappa shape index (κ3) is 5.06. The Morgan fingerprint density at radius 2 is 1.67 bits per heavy atom. The van der Waals surface area contributed by atoms with E-state index < -0.39 is 0 Å². The molecule has 0 spiro atoms. The largest absolute Gasteiger partial charge is 0.493 e. The molecule has 0 saturated carbocycles. The first kappa shape index (κ1) is 24.6. The van der Waals surface area contributed by atoms with Crippen molar-refractivity contribution >= 4 is 17.5 Å². The fraction of sp³-hybridized carbons (Fsp3) is 0.321. The van der Waals surface area contributed by atoms with Gasteiger partial charge in [0.2, 0.25) is 5.91 Å². The van der Waals surface area contributed by atoms with E-state index in [1.54, 1.807) is 14.2 Å². The van der Waals surface area contributed by atoms with Crippen molar-refractivity contribution in [3.8, 4) is 11.5 Å². The lowest BCUT2D eigenvalue weighted by atomic mass is 9.74. The molecule has 7 nitrogen and oxygen atoms in total. The molecule has 2 heterocycles. The second kappa shape index (κ2) is 10.9. The summed E-state index contributed by atoms with van der Waals surface area (Å²) in [6.45, 7) is 0.495. The number of piperidine rings is 1. The highest BCUT2D eigenvalue weighted by atomic mass is 35.5. The van der Waals surface area contributed by atoms with Gasteiger partial charge in [-0.1, -0.05) is 60.1 Å². The number of hydrazine groups is 1. The molecule has 5 rings (SSSR count). The summed E-state index contributed by atoms with van der Waals surface area (Å²) in [7, 11) is 3.25. The van der Waals surface area contributed by atoms with Gasteiger partial charge in [0.1, 0.15) is 0 Å². The third-order valence-electron chi connectivity index (χ3n) is 7.18. The molecule has 4 N–H and O–H groups in total. The zero-order chi connectivity index (χ0) is 25.1. The van der Waals surface area contributed by atoms with Crippen molar-refractivity contribution in [1.29, 1.82) is 0 Å². The Morgan fingerprint density at radius 3 is 2.39 bits per heavy atom. The highest BCUT2D eigenvalue weighted by molar-refractivity contribution is 6.30. The number of carbonyl (C=O) groups is 1. The SMILES string of the molecule is COc1ccc(C2CC(C(=O)NCc3ccccc3)C3C(NNC3c3ccc(Cl)cc3)N2)cc1OC. The Balaban J connectivity index is 1.43. The summed E-state index contributed by atoms with van der Waals surface area (Å²) < 4.78 is 10.9. The van der Waals surface area contributed by atoms with Gasteiger partial charge in [0, 0.05) is 29.4 Å². The van der Waals surface area contributed by atoms with Gasteiger partial charge in [0.25, 0.3) is 0 Å². The summed E-state index contributed by atoms with van der Waals surface area (Å²) in [6, 6.07) is 23.6. The number of nitrogens with one attached hydrogen (secondary N) is 4. The van der Waals surface area contributed by atoms with Crippen LogP contribution in [0.15, 0.2) is 72.8 Å². The van der Waals surface area contributed by atoms with E-state index in [0.29, 0.717) is 29.5 Å². The molecule has 2 aliphatic rings. The number of hydrogen-bond donors (Lipinski definition) is 4. The second-order valence-electron chi connectivity index (χ2n) is 9.25. The van der Waals surface area contributed by atoms with Gasteiger partial charge >= 0.3 is 0 Å². The molecule has 0 radical (unpaired) electrons. The van der Waals surface area contributed by atoms with Gasteiger partial charge < -0.3 is 14.8 Å². The van der Waals surface area contributed by atoms with Crippen LogP contribution in [0.5, 0.6) is 11.5 Å². The molecule has 0 bridgehead atoms. The molecule has 0 aromatic heterocycles. The van der Waals surface area contributed by atoms with Crippen LogP contribution in [0.4, 0.5) is 0 Å². The zero-order valence-electron chi connectivity index (χ0n) is 20.3. The van der Waals surface area contributed by atoms with Gasteiger partial charge in [-0.3, -0.25) is 10.1 Å². The number of hydrogen-bond acceptors (Lipinski definition) is 6. The third-order valence-corrected chi connectivity index (χ3v) is 7.44. The summed E-state index contributed by atoms with van der Waals surface area (Å²) in [5.41, 5.74) is 10.0. The van der Waals surface area contributed by atoms with Crippen LogP contribution in [0.2, 0.25) is 5.02 Å². The first-order valence-corrected chi connectivity index (χ1v) is 12.5. The highest BCUT2D eigenvalue weighted by Gasteiger charge is 2.49. The van der Waals surface area contributed by atoms with E-state index in [1.807, 2.05) is 72.8 Å². The van der Waals surface area contributed by atoms with Crippen LogP contribution >= 0.6 is 11.6 Å². The molecule has 2 aliphatic heterocycles. The lowest BCUT2D eigenvalue weighted by molar-refractivity contribution is -0.129. The molecule has 2 fully saturated rings. The Kier molecular flexibility index (Phi) is 7.43. The number of carbonyl (C=O) groups excluding carboxylic acids is 1. The summed E-state index contributed by atoms with van der Waals surface area (Å²) in [4.78, 5) is 13.7. The Morgan fingerprint density at radius 1 is 0.944 bits per heavy atom. The first-order valence-electron chi connectivity index (χ1n) is 12.1. The topological polar surface area (TPSA) is 83.7 Å². The maximum Gasteiger partial charge on any atom is 0.223 e. The van der Waals surface area contributed by atoms with E-state index in [2.05, 4.69) is 21.5 Å². The summed E-state index contributed by atoms with van der Waals surface area (Å²) >= 11 is 6.14. The van der Waals surface area contributed by atoms with Crippen molar-refractivity contribution in [3.05, 3.63) is 94.5 Å². The Hall–Kier alpha value is -3.10. The van der Waals surface area contributed by atoms with E-state index >= 15 is 0 Å². The number of methoxy groups -OCH3 is 2. The molecular formula is C28H31ClN4O3. The van der Waals surface area contributed by atoms with Gasteiger partial charge in [0.15, 0.2) is 11.5 Å². The van der Waals surface area contributed by atoms with Crippen molar-refractivity contribution in [2.24, 2.45) is 11.8 Å². The number of rotatable bonds is 7. The number of fused-ring (bicyclic) bond motifs is 1. The zero-order valence-corrected chi connectivity index (χ0v) is 21.1. The van der Waals surface area contributed by atoms with Gasteiger partial charge in [-0.05, 0) is 47.4 Å².